The number of benzene rings is 3. The molecule has 150 valence electrons. The molecule has 0 saturated heterocycles. The number of hydrogen-bond acceptors (Lipinski definition) is 4. The first-order valence-corrected chi connectivity index (χ1v) is 9.65. The van der Waals surface area contributed by atoms with Crippen LogP contribution in [-0.4, -0.2) is 27.0 Å². The number of phenols is 1. The van der Waals surface area contributed by atoms with E-state index in [1.807, 2.05) is 73.1 Å². The van der Waals surface area contributed by atoms with Gasteiger partial charge in [0.05, 0.1) is 18.5 Å². The van der Waals surface area contributed by atoms with E-state index in [-0.39, 0.29) is 11.7 Å². The Labute approximate surface area is 174 Å². The van der Waals surface area contributed by atoms with Crippen LogP contribution in [0.15, 0.2) is 71.8 Å². The van der Waals surface area contributed by atoms with Gasteiger partial charge in [-0.3, -0.25) is 9.48 Å². The lowest BCUT2D eigenvalue weighted by atomic mass is 10.0. The molecule has 30 heavy (non-hydrogen) atoms. The summed E-state index contributed by atoms with van der Waals surface area (Å²) in [5.74, 6) is -0.209. The normalized spacial score (nSPS) is 11.3. The van der Waals surface area contributed by atoms with E-state index in [9.17, 15) is 9.90 Å². The molecule has 2 N–H and O–H groups in total. The smallest absolute Gasteiger partial charge is 0.271 e. The van der Waals surface area contributed by atoms with Gasteiger partial charge in [-0.05, 0) is 54.4 Å². The maximum absolute atomic E-state index is 12.5. The summed E-state index contributed by atoms with van der Waals surface area (Å²) in [6.07, 6.45) is 1.47. The van der Waals surface area contributed by atoms with E-state index in [0.29, 0.717) is 17.7 Å². The Bertz CT molecular complexity index is 1260. The lowest BCUT2D eigenvalue weighted by Crippen LogP contribution is -2.18. The molecule has 3 aromatic carbocycles. The van der Waals surface area contributed by atoms with Gasteiger partial charge < -0.3 is 5.11 Å². The Kier molecular flexibility index (Phi) is 5.30. The molecular weight excluding hydrogens is 376 g/mol. The molecule has 4 rings (SSSR count). The molecule has 4 aromatic rings. The van der Waals surface area contributed by atoms with E-state index in [1.54, 1.807) is 12.1 Å². The highest BCUT2D eigenvalue weighted by Crippen LogP contribution is 2.25. The Hall–Kier alpha value is -3.93. The molecule has 1 aromatic heterocycles. The Morgan fingerprint density at radius 1 is 1.10 bits per heavy atom. The van der Waals surface area contributed by atoms with Gasteiger partial charge in [-0.15, -0.1) is 0 Å². The summed E-state index contributed by atoms with van der Waals surface area (Å²) >= 11 is 0. The number of nitrogens with one attached hydrogen (secondary N) is 1. The second kappa shape index (κ2) is 8.21. The van der Waals surface area contributed by atoms with Gasteiger partial charge in [0.25, 0.3) is 5.91 Å². The van der Waals surface area contributed by atoms with Crippen LogP contribution in [0.5, 0.6) is 5.75 Å². The van der Waals surface area contributed by atoms with Gasteiger partial charge in [-0.25, -0.2) is 5.43 Å². The third-order valence-electron chi connectivity index (χ3n) is 4.93. The molecule has 1 amide bonds. The van der Waals surface area contributed by atoms with Crippen molar-refractivity contribution in [1.29, 1.82) is 0 Å². The number of aryl methyl sites for hydroxylation is 2. The lowest BCUT2D eigenvalue weighted by molar-refractivity contribution is 0.0955. The summed E-state index contributed by atoms with van der Waals surface area (Å²) in [5, 5.41) is 20.6. The Morgan fingerprint density at radius 2 is 1.93 bits per heavy atom. The van der Waals surface area contributed by atoms with Crippen molar-refractivity contribution >= 4 is 22.9 Å². The molecule has 6 nitrogen and oxygen atoms in total. The second-order valence-electron chi connectivity index (χ2n) is 7.20. The van der Waals surface area contributed by atoms with Crippen LogP contribution < -0.4 is 5.43 Å². The summed E-state index contributed by atoms with van der Waals surface area (Å²) < 4.78 is 1.91. The molecule has 0 aliphatic heterocycles. The fraction of sp³-hybridized carbons (Fsp3) is 0.125. The minimum absolute atomic E-state index is 0.110. The van der Waals surface area contributed by atoms with E-state index in [4.69, 9.17) is 0 Å². The van der Waals surface area contributed by atoms with Gasteiger partial charge in [0.2, 0.25) is 0 Å². The van der Waals surface area contributed by atoms with E-state index >= 15 is 0 Å². The summed E-state index contributed by atoms with van der Waals surface area (Å²) in [7, 11) is 0. The van der Waals surface area contributed by atoms with Crippen molar-refractivity contribution in [2.24, 2.45) is 5.10 Å². The standard InChI is InChI=1S/C24H22N4O2/c1-16-12-17(2)28(27-16)15-18-6-5-8-20(13-18)24(30)26-25-14-22-21-9-4-3-7-19(21)10-11-23(22)29/h3-14,29H,15H2,1-2H3,(H,26,30)/b25-14-. The first-order chi connectivity index (χ1) is 14.5. The van der Waals surface area contributed by atoms with Gasteiger partial charge in [-0.1, -0.05) is 42.5 Å². The van der Waals surface area contributed by atoms with Crippen LogP contribution in [0, 0.1) is 13.8 Å². The number of carbonyl (C=O) groups is 1. The lowest BCUT2D eigenvalue weighted by Gasteiger charge is -2.07. The predicted octanol–water partition coefficient (Wildman–Crippen LogP) is 4.17. The van der Waals surface area contributed by atoms with Crippen LogP contribution in [0.4, 0.5) is 0 Å². The second-order valence-corrected chi connectivity index (χ2v) is 7.20. The number of carbonyl (C=O) groups excluding carboxylic acids is 1. The maximum Gasteiger partial charge on any atom is 0.271 e. The third kappa shape index (κ3) is 4.07. The van der Waals surface area contributed by atoms with E-state index in [0.717, 1.165) is 27.7 Å². The molecule has 6 heteroatoms. The van der Waals surface area contributed by atoms with Gasteiger partial charge in [0.1, 0.15) is 5.75 Å². The van der Waals surface area contributed by atoms with E-state index < -0.39 is 0 Å². The fourth-order valence-corrected chi connectivity index (χ4v) is 3.46. The number of aromatic hydroxyl groups is 1. The van der Waals surface area contributed by atoms with Crippen LogP contribution in [0.1, 0.15) is 32.9 Å². The van der Waals surface area contributed by atoms with Gasteiger partial charge in [0.15, 0.2) is 0 Å². The zero-order valence-electron chi connectivity index (χ0n) is 16.8. The average molecular weight is 398 g/mol. The number of fused-ring (bicyclic) bond motifs is 1. The number of hydrogen-bond donors (Lipinski definition) is 2. The highest BCUT2D eigenvalue weighted by atomic mass is 16.3. The highest BCUT2D eigenvalue weighted by Gasteiger charge is 2.08. The van der Waals surface area contributed by atoms with E-state index in [1.165, 1.54) is 6.21 Å². The van der Waals surface area contributed by atoms with Crippen molar-refractivity contribution in [2.45, 2.75) is 20.4 Å². The molecule has 1 heterocycles. The van der Waals surface area contributed by atoms with Crippen molar-refractivity contribution in [1.82, 2.24) is 15.2 Å². The van der Waals surface area contributed by atoms with Crippen LogP contribution in [0.2, 0.25) is 0 Å². The number of rotatable bonds is 5. The summed E-state index contributed by atoms with van der Waals surface area (Å²) in [5.41, 5.74) is 6.63. The zero-order chi connectivity index (χ0) is 21.1. The minimum atomic E-state index is -0.318. The molecule has 0 aliphatic carbocycles. The monoisotopic (exact) mass is 398 g/mol. The minimum Gasteiger partial charge on any atom is -0.507 e. The van der Waals surface area contributed by atoms with Crippen LogP contribution >= 0.6 is 0 Å². The van der Waals surface area contributed by atoms with Crippen molar-refractivity contribution in [3.8, 4) is 5.75 Å². The molecule has 0 fully saturated rings. The largest absolute Gasteiger partial charge is 0.507 e. The van der Waals surface area contributed by atoms with Crippen LogP contribution in [0.3, 0.4) is 0 Å². The number of amides is 1. The fourth-order valence-electron chi connectivity index (χ4n) is 3.46. The number of nitrogens with zero attached hydrogens (tertiary/aromatic N) is 3. The maximum atomic E-state index is 12.5. The molecule has 0 spiro atoms. The first-order valence-electron chi connectivity index (χ1n) is 9.65. The predicted molar refractivity (Wildman–Crippen MR) is 118 cm³/mol. The zero-order valence-corrected chi connectivity index (χ0v) is 16.8. The van der Waals surface area contributed by atoms with Crippen molar-refractivity contribution < 1.29 is 9.90 Å². The van der Waals surface area contributed by atoms with Crippen molar-refractivity contribution in [3.05, 3.63) is 94.8 Å². The van der Waals surface area contributed by atoms with Crippen LogP contribution in [0.25, 0.3) is 10.8 Å². The van der Waals surface area contributed by atoms with Crippen molar-refractivity contribution in [3.63, 3.8) is 0 Å². The number of phenolic OH excluding ortho intramolecular Hbond substituents is 1. The quantitative estimate of drug-likeness (QED) is 0.391. The SMILES string of the molecule is Cc1cc(C)n(Cc2cccc(C(=O)N/N=C\c3c(O)ccc4ccccc34)c2)n1. The van der Waals surface area contributed by atoms with Gasteiger partial charge >= 0.3 is 0 Å². The average Bonchev–Trinajstić information content (AvgIpc) is 3.06. The van der Waals surface area contributed by atoms with Crippen molar-refractivity contribution in [2.75, 3.05) is 0 Å². The highest BCUT2D eigenvalue weighted by molar-refractivity contribution is 6.03. The molecule has 0 atom stereocenters. The summed E-state index contributed by atoms with van der Waals surface area (Å²) in [6.45, 7) is 4.56. The first kappa shape index (κ1) is 19.4. The Morgan fingerprint density at radius 3 is 2.73 bits per heavy atom. The molecule has 0 unspecified atom stereocenters. The number of aromatic nitrogens is 2. The molecule has 0 aliphatic rings. The molecule has 0 radical (unpaired) electrons. The molecule has 0 bridgehead atoms. The number of hydrazone groups is 1. The van der Waals surface area contributed by atoms with Gasteiger partial charge in [0, 0.05) is 16.8 Å². The van der Waals surface area contributed by atoms with Crippen LogP contribution in [-0.2, 0) is 6.54 Å². The topological polar surface area (TPSA) is 79.5 Å². The van der Waals surface area contributed by atoms with Gasteiger partial charge in [-0.2, -0.15) is 10.2 Å². The third-order valence-corrected chi connectivity index (χ3v) is 4.93. The molecular formula is C24H22N4O2. The Balaban J connectivity index is 1.50. The summed E-state index contributed by atoms with van der Waals surface area (Å²) in [4.78, 5) is 12.5. The molecule has 0 saturated carbocycles. The van der Waals surface area contributed by atoms with E-state index in [2.05, 4.69) is 15.6 Å². The summed E-state index contributed by atoms with van der Waals surface area (Å²) in [6, 6.07) is 20.5.